The average molecular weight is 250 g/mol. The minimum Gasteiger partial charge on any atom is -0.344 e. The van der Waals surface area contributed by atoms with E-state index in [-0.39, 0.29) is 5.54 Å². The highest BCUT2D eigenvalue weighted by atomic mass is 15.3. The summed E-state index contributed by atoms with van der Waals surface area (Å²) in [5.74, 6) is 1.12. The van der Waals surface area contributed by atoms with Gasteiger partial charge < -0.3 is 10.3 Å². The molecule has 0 spiro atoms. The van der Waals surface area contributed by atoms with E-state index in [0.29, 0.717) is 0 Å². The zero-order valence-corrected chi connectivity index (χ0v) is 12.1. The van der Waals surface area contributed by atoms with Gasteiger partial charge in [0.05, 0.1) is 11.2 Å². The Labute approximate surface area is 110 Å². The van der Waals surface area contributed by atoms with Gasteiger partial charge in [-0.3, -0.25) is 4.90 Å². The number of nitrogens with zero attached hydrogens (tertiary/aromatic N) is 2. The maximum absolute atomic E-state index is 4.83. The van der Waals surface area contributed by atoms with Gasteiger partial charge in [-0.15, -0.1) is 0 Å². The van der Waals surface area contributed by atoms with Crippen LogP contribution >= 0.6 is 0 Å². The molecule has 0 aromatic carbocycles. The summed E-state index contributed by atoms with van der Waals surface area (Å²) < 4.78 is 0. The number of H-pyrrole nitrogens is 1. The van der Waals surface area contributed by atoms with Crippen molar-refractivity contribution >= 4 is 0 Å². The van der Waals surface area contributed by atoms with Gasteiger partial charge in [0.15, 0.2) is 0 Å². The quantitative estimate of drug-likeness (QED) is 0.856. The maximum atomic E-state index is 4.83. The smallest absolute Gasteiger partial charge is 0.126 e. The minimum atomic E-state index is -0.00114. The Balaban J connectivity index is 2.19. The van der Waals surface area contributed by atoms with Crippen molar-refractivity contribution in [3.63, 3.8) is 0 Å². The Kier molecular flexibility index (Phi) is 4.07. The minimum absolute atomic E-state index is 0.00114. The van der Waals surface area contributed by atoms with Crippen LogP contribution in [0.5, 0.6) is 0 Å². The van der Waals surface area contributed by atoms with Gasteiger partial charge in [0.25, 0.3) is 0 Å². The van der Waals surface area contributed by atoms with Gasteiger partial charge in [-0.2, -0.15) is 0 Å². The molecule has 2 heterocycles. The van der Waals surface area contributed by atoms with Crippen molar-refractivity contribution < 1.29 is 0 Å². The first-order valence-corrected chi connectivity index (χ1v) is 7.07. The summed E-state index contributed by atoms with van der Waals surface area (Å²) in [7, 11) is 0. The predicted molar refractivity (Wildman–Crippen MR) is 74.8 cm³/mol. The number of rotatable bonds is 4. The number of aromatic amines is 1. The topological polar surface area (TPSA) is 44.0 Å². The summed E-state index contributed by atoms with van der Waals surface area (Å²) in [6, 6.07) is 0. The molecule has 0 radical (unpaired) electrons. The fourth-order valence-corrected chi connectivity index (χ4v) is 2.64. The normalized spacial score (nSPS) is 18.2. The standard InChI is InChI=1S/C14H26N4/c1-5-6-12-11(2)16-13(17-12)14(3,4)18-9-7-15-8-10-18/h15H,5-10H2,1-4H3,(H,16,17). The monoisotopic (exact) mass is 250 g/mol. The van der Waals surface area contributed by atoms with Crippen LogP contribution in [0, 0.1) is 6.92 Å². The molecule has 0 aliphatic carbocycles. The third kappa shape index (κ3) is 2.59. The molecule has 0 atom stereocenters. The van der Waals surface area contributed by atoms with Crippen LogP contribution in [0.3, 0.4) is 0 Å². The average Bonchev–Trinajstić information content (AvgIpc) is 2.73. The van der Waals surface area contributed by atoms with Crippen LogP contribution in [-0.2, 0) is 12.0 Å². The predicted octanol–water partition coefficient (Wildman–Crippen LogP) is 1.81. The van der Waals surface area contributed by atoms with Crippen LogP contribution in [0.2, 0.25) is 0 Å². The first kappa shape index (κ1) is 13.6. The lowest BCUT2D eigenvalue weighted by atomic mass is 10.0. The molecule has 1 aliphatic rings. The van der Waals surface area contributed by atoms with E-state index in [1.54, 1.807) is 0 Å². The van der Waals surface area contributed by atoms with E-state index in [4.69, 9.17) is 4.98 Å². The van der Waals surface area contributed by atoms with E-state index < -0.39 is 0 Å². The van der Waals surface area contributed by atoms with Gasteiger partial charge in [-0.05, 0) is 27.2 Å². The Morgan fingerprint density at radius 2 is 1.94 bits per heavy atom. The number of piperazine rings is 1. The number of nitrogens with one attached hydrogen (secondary N) is 2. The van der Waals surface area contributed by atoms with Crippen LogP contribution in [-0.4, -0.2) is 41.0 Å². The molecule has 102 valence electrons. The van der Waals surface area contributed by atoms with E-state index in [1.807, 2.05) is 0 Å². The molecule has 2 rings (SSSR count). The summed E-state index contributed by atoms with van der Waals surface area (Å²) in [5.41, 5.74) is 2.46. The molecule has 1 aromatic heterocycles. The molecule has 0 unspecified atom stereocenters. The first-order chi connectivity index (χ1) is 8.55. The highest BCUT2D eigenvalue weighted by Crippen LogP contribution is 2.26. The molecule has 2 N–H and O–H groups in total. The second-order valence-corrected chi connectivity index (χ2v) is 5.70. The SMILES string of the molecule is CCCc1nc(C(C)(C)N2CCNCC2)[nH]c1C. The highest BCUT2D eigenvalue weighted by Gasteiger charge is 2.32. The molecular weight excluding hydrogens is 224 g/mol. The first-order valence-electron chi connectivity index (χ1n) is 7.07. The Bertz CT molecular complexity index is 388. The van der Waals surface area contributed by atoms with Crippen LogP contribution < -0.4 is 5.32 Å². The lowest BCUT2D eigenvalue weighted by Crippen LogP contribution is -2.52. The summed E-state index contributed by atoms with van der Waals surface area (Å²) in [6.45, 7) is 13.2. The van der Waals surface area contributed by atoms with Crippen molar-refractivity contribution in [1.29, 1.82) is 0 Å². The molecular formula is C14H26N4. The number of imidazole rings is 1. The van der Waals surface area contributed by atoms with Crippen molar-refractivity contribution in [2.45, 2.75) is 46.1 Å². The van der Waals surface area contributed by atoms with Crippen molar-refractivity contribution in [2.24, 2.45) is 0 Å². The fraction of sp³-hybridized carbons (Fsp3) is 0.786. The second kappa shape index (κ2) is 5.41. The summed E-state index contributed by atoms with van der Waals surface area (Å²) in [5, 5.41) is 3.40. The van der Waals surface area contributed by atoms with Gasteiger partial charge >= 0.3 is 0 Å². The van der Waals surface area contributed by atoms with E-state index in [0.717, 1.165) is 44.8 Å². The van der Waals surface area contributed by atoms with Crippen molar-refractivity contribution in [3.05, 3.63) is 17.2 Å². The van der Waals surface area contributed by atoms with Crippen LogP contribution in [0.4, 0.5) is 0 Å². The van der Waals surface area contributed by atoms with Gasteiger partial charge in [-0.1, -0.05) is 13.3 Å². The van der Waals surface area contributed by atoms with E-state index >= 15 is 0 Å². The molecule has 1 saturated heterocycles. The summed E-state index contributed by atoms with van der Waals surface area (Å²) in [6.07, 6.45) is 2.22. The van der Waals surface area contributed by atoms with Gasteiger partial charge in [0.1, 0.15) is 5.82 Å². The Morgan fingerprint density at radius 3 is 2.56 bits per heavy atom. The summed E-state index contributed by atoms with van der Waals surface area (Å²) >= 11 is 0. The third-order valence-electron chi connectivity index (χ3n) is 3.96. The number of hydrogen-bond acceptors (Lipinski definition) is 3. The zero-order chi connectivity index (χ0) is 13.2. The van der Waals surface area contributed by atoms with Gasteiger partial charge in [0.2, 0.25) is 0 Å². The molecule has 1 aromatic rings. The summed E-state index contributed by atoms with van der Waals surface area (Å²) in [4.78, 5) is 10.8. The molecule has 1 fully saturated rings. The number of aryl methyl sites for hydroxylation is 2. The lowest BCUT2D eigenvalue weighted by molar-refractivity contribution is 0.0954. The molecule has 0 bridgehead atoms. The third-order valence-corrected chi connectivity index (χ3v) is 3.96. The van der Waals surface area contributed by atoms with Crippen molar-refractivity contribution in [2.75, 3.05) is 26.2 Å². The Morgan fingerprint density at radius 1 is 1.28 bits per heavy atom. The Hall–Kier alpha value is -0.870. The molecule has 4 nitrogen and oxygen atoms in total. The molecule has 0 saturated carbocycles. The zero-order valence-electron chi connectivity index (χ0n) is 12.1. The van der Waals surface area contributed by atoms with E-state index in [9.17, 15) is 0 Å². The largest absolute Gasteiger partial charge is 0.344 e. The van der Waals surface area contributed by atoms with Gasteiger partial charge in [-0.25, -0.2) is 4.98 Å². The van der Waals surface area contributed by atoms with E-state index in [1.165, 1.54) is 11.4 Å². The van der Waals surface area contributed by atoms with Crippen molar-refractivity contribution in [1.82, 2.24) is 20.2 Å². The van der Waals surface area contributed by atoms with Gasteiger partial charge in [0, 0.05) is 31.9 Å². The highest BCUT2D eigenvalue weighted by molar-refractivity contribution is 5.17. The second-order valence-electron chi connectivity index (χ2n) is 5.70. The van der Waals surface area contributed by atoms with E-state index in [2.05, 4.69) is 42.9 Å². The molecule has 18 heavy (non-hydrogen) atoms. The van der Waals surface area contributed by atoms with Crippen molar-refractivity contribution in [3.8, 4) is 0 Å². The molecule has 0 amide bonds. The van der Waals surface area contributed by atoms with Crippen LogP contribution in [0.1, 0.15) is 44.4 Å². The lowest BCUT2D eigenvalue weighted by Gasteiger charge is -2.39. The van der Waals surface area contributed by atoms with Crippen LogP contribution in [0.15, 0.2) is 0 Å². The maximum Gasteiger partial charge on any atom is 0.126 e. The fourth-order valence-electron chi connectivity index (χ4n) is 2.64. The van der Waals surface area contributed by atoms with Crippen LogP contribution in [0.25, 0.3) is 0 Å². The number of hydrogen-bond donors (Lipinski definition) is 2. The number of aromatic nitrogens is 2. The molecule has 4 heteroatoms. The molecule has 1 aliphatic heterocycles.